The molecule has 6 aromatic heterocycles. The van der Waals surface area contributed by atoms with E-state index in [-0.39, 0.29) is 53.0 Å². The van der Waals surface area contributed by atoms with Crippen molar-refractivity contribution < 1.29 is 71.9 Å². The van der Waals surface area contributed by atoms with Crippen LogP contribution in [0.25, 0.3) is 43.9 Å². The number of amides is 4. The van der Waals surface area contributed by atoms with Crippen molar-refractivity contribution in [1.82, 2.24) is 70.4 Å². The number of carbonyl (C=O) groups is 4. The van der Waals surface area contributed by atoms with E-state index in [9.17, 15) is 71.9 Å². The topological polar surface area (TPSA) is 222 Å². The number of carbonyl (C=O) groups excluding carboxylic acids is 4. The first kappa shape index (κ1) is 76.7. The summed E-state index contributed by atoms with van der Waals surface area (Å²) in [7, 11) is 0. The van der Waals surface area contributed by atoms with E-state index in [2.05, 4.69) is 50.8 Å². The highest BCUT2D eigenvalue weighted by molar-refractivity contribution is 6.06. The maximum absolute atomic E-state index is 13.3. The fraction of sp³-hybridized carbons (Fsp3) is 0.325. The molecular weight excluding hydrogens is 1450 g/mol. The van der Waals surface area contributed by atoms with Crippen LogP contribution in [-0.4, -0.2) is 146 Å². The van der Waals surface area contributed by atoms with Crippen LogP contribution in [0.2, 0.25) is 0 Å². The summed E-state index contributed by atoms with van der Waals surface area (Å²) in [5.74, 6) is -1.67. The number of alkyl halides is 12. The van der Waals surface area contributed by atoms with Gasteiger partial charge in [-0.2, -0.15) is 73.1 Å². The maximum atomic E-state index is 13.3. The van der Waals surface area contributed by atoms with E-state index >= 15 is 0 Å². The van der Waals surface area contributed by atoms with Crippen LogP contribution in [0.1, 0.15) is 173 Å². The minimum atomic E-state index is -4.37. The minimum absolute atomic E-state index is 0.181. The van der Waals surface area contributed by atoms with Crippen LogP contribution in [0, 0.1) is 13.8 Å². The van der Waals surface area contributed by atoms with Gasteiger partial charge in [0.2, 0.25) is 0 Å². The van der Waals surface area contributed by atoms with Crippen molar-refractivity contribution >= 4 is 67.5 Å². The summed E-state index contributed by atoms with van der Waals surface area (Å²) >= 11 is 0. The lowest BCUT2D eigenvalue weighted by Gasteiger charge is -2.33. The van der Waals surface area contributed by atoms with Crippen molar-refractivity contribution in [2.24, 2.45) is 0 Å². The molecule has 110 heavy (non-hydrogen) atoms. The van der Waals surface area contributed by atoms with Gasteiger partial charge in [0.05, 0.1) is 44.2 Å². The lowest BCUT2D eigenvalue weighted by molar-refractivity contribution is -0.139. The molecule has 0 aliphatic carbocycles. The summed E-state index contributed by atoms with van der Waals surface area (Å²) < 4.78 is 159. The van der Waals surface area contributed by atoms with Gasteiger partial charge in [-0.15, -0.1) is 0 Å². The number of pyridine rings is 2. The molecule has 4 N–H and O–H groups in total. The number of nitrogens with one attached hydrogen (secondary N) is 4. The number of hydrogen-bond acceptors (Lipinski definition) is 10. The molecule has 6 aromatic carbocycles. The average Bonchev–Trinajstić information content (AvgIpc) is 1.02. The third-order valence-electron chi connectivity index (χ3n) is 20.9. The number of fused-ring (bicyclic) bond motifs is 4. The Morgan fingerprint density at radius 1 is 0.336 bits per heavy atom. The smallest absolute Gasteiger partial charge is 0.337 e. The van der Waals surface area contributed by atoms with Gasteiger partial charge in [-0.05, 0) is 183 Å². The van der Waals surface area contributed by atoms with Gasteiger partial charge >= 0.3 is 24.7 Å². The van der Waals surface area contributed by atoms with Crippen LogP contribution in [0.3, 0.4) is 0 Å². The van der Waals surface area contributed by atoms with Crippen LogP contribution in [0.4, 0.5) is 52.7 Å². The molecule has 18 nitrogen and oxygen atoms in total. The lowest BCUT2D eigenvalue weighted by Crippen LogP contribution is -2.38. The molecule has 0 spiro atoms. The molecule has 10 heterocycles. The Balaban J connectivity index is 0.000000129. The summed E-state index contributed by atoms with van der Waals surface area (Å²) in [5.41, 5.74) is 5.65. The largest absolute Gasteiger partial charge is 0.416 e. The Labute approximate surface area is 621 Å². The zero-order valence-corrected chi connectivity index (χ0v) is 59.4. The van der Waals surface area contributed by atoms with Gasteiger partial charge in [0.1, 0.15) is 11.2 Å². The van der Waals surface area contributed by atoms with Crippen LogP contribution in [0.15, 0.2) is 170 Å². The van der Waals surface area contributed by atoms with Gasteiger partial charge in [0.15, 0.2) is 22.7 Å². The monoisotopic (exact) mass is 1520 g/mol. The van der Waals surface area contributed by atoms with Gasteiger partial charge in [-0.1, -0.05) is 96.6 Å². The normalized spacial score (nSPS) is 16.0. The summed E-state index contributed by atoms with van der Waals surface area (Å²) in [4.78, 5) is 66.3. The van der Waals surface area contributed by atoms with Crippen LogP contribution in [0.5, 0.6) is 0 Å². The van der Waals surface area contributed by atoms with Gasteiger partial charge in [0.25, 0.3) is 23.6 Å². The van der Waals surface area contributed by atoms with Crippen molar-refractivity contribution in [2.45, 2.75) is 114 Å². The van der Waals surface area contributed by atoms with Crippen molar-refractivity contribution in [1.29, 1.82) is 0 Å². The Hall–Kier alpha value is -11.5. The lowest BCUT2D eigenvalue weighted by atomic mass is 9.86. The third kappa shape index (κ3) is 16.9. The Kier molecular flexibility index (Phi) is 22.3. The molecule has 0 unspecified atom stereocenters. The number of nitrogens with zero attached hydrogens (tertiary/aromatic N) is 10. The zero-order valence-electron chi connectivity index (χ0n) is 59.4. The number of rotatable bonds is 8. The molecular formula is C80H74F12N14O4. The molecule has 4 fully saturated rings. The highest BCUT2D eigenvalue weighted by Gasteiger charge is 2.41. The predicted molar refractivity (Wildman–Crippen MR) is 387 cm³/mol. The molecule has 16 rings (SSSR count). The van der Waals surface area contributed by atoms with E-state index in [4.69, 9.17) is 0 Å². The molecule has 0 radical (unpaired) electrons. The van der Waals surface area contributed by atoms with E-state index in [1.165, 1.54) is 30.3 Å². The summed E-state index contributed by atoms with van der Waals surface area (Å²) in [6.45, 7) is 7.13. The molecule has 0 bridgehead atoms. The third-order valence-corrected chi connectivity index (χ3v) is 20.9. The maximum Gasteiger partial charge on any atom is 0.416 e. The molecule has 0 atom stereocenters. The highest BCUT2D eigenvalue weighted by atomic mass is 19.4. The van der Waals surface area contributed by atoms with Crippen LogP contribution in [-0.2, 0) is 24.7 Å². The number of hydrogen-bond donors (Lipinski definition) is 4. The van der Waals surface area contributed by atoms with Gasteiger partial charge in [-0.25, -0.2) is 4.98 Å². The summed E-state index contributed by atoms with van der Waals surface area (Å²) in [5, 5.41) is 29.9. The second-order valence-electron chi connectivity index (χ2n) is 27.8. The van der Waals surface area contributed by atoms with Gasteiger partial charge in [0, 0.05) is 75.5 Å². The molecule has 4 saturated heterocycles. The van der Waals surface area contributed by atoms with Gasteiger partial charge in [-0.3, -0.25) is 44.6 Å². The van der Waals surface area contributed by atoms with E-state index < -0.39 is 47.0 Å². The number of aromatic nitrogens is 10. The fourth-order valence-electron chi connectivity index (χ4n) is 15.2. The van der Waals surface area contributed by atoms with Crippen LogP contribution < -0.4 is 0 Å². The standard InChI is InChI=1S/2C21H20F3N3O.2C19H17F3N4O/c1-13-6-7-18-16(12-13)19(26-25-18)20(28)27-10-8-14(9-11-27)15-4-2-3-5-17(15)21(22,23)24;1-13-6-7-16-18(12-13)25-26-19(16)20(28)27-10-8-14(9-11-27)15-4-2-3-5-17(15)21(22,23)24;20-19(21,22)15-6-2-1-4-13(15)12-7-10-26(11-8-12)18(27)16-14-5-3-9-23-17(14)25-24-16;20-19(21,22)14-5-2-1-4-13(14)12-7-10-26(11-8-12)18(27)17-16-15(24-25-17)6-3-9-23-16/h2*2-7,12,14H,8-11H2,1H3,(H,25,26);1-6,9,12H,7-8,10-11H2,(H,23,24,25);1-6,9,12H,7-8,10-11H2,(H,24,25). The average molecular weight is 1520 g/mol. The first-order valence-corrected chi connectivity index (χ1v) is 35.9. The molecule has 12 aromatic rings. The predicted octanol–water partition coefficient (Wildman–Crippen LogP) is 17.8. The number of piperidine rings is 4. The molecule has 4 aliphatic rings. The number of H-pyrrole nitrogens is 4. The van der Waals surface area contributed by atoms with E-state index in [1.54, 1.807) is 98.7 Å². The van der Waals surface area contributed by atoms with Crippen molar-refractivity contribution in [3.63, 3.8) is 0 Å². The first-order chi connectivity index (χ1) is 52.6. The Morgan fingerprint density at radius 2 is 0.691 bits per heavy atom. The van der Waals surface area contributed by atoms with Crippen LogP contribution >= 0.6 is 0 Å². The second-order valence-corrected chi connectivity index (χ2v) is 27.8. The van der Waals surface area contributed by atoms with Crippen molar-refractivity contribution in [2.75, 3.05) is 52.4 Å². The summed E-state index contributed by atoms with van der Waals surface area (Å²) in [6, 6.07) is 41.3. The number of aromatic amines is 4. The first-order valence-electron chi connectivity index (χ1n) is 35.9. The second kappa shape index (κ2) is 32.0. The van der Waals surface area contributed by atoms with E-state index in [1.807, 2.05) is 50.2 Å². The Bertz CT molecular complexity index is 5120. The van der Waals surface area contributed by atoms with E-state index in [0.29, 0.717) is 165 Å². The van der Waals surface area contributed by atoms with Gasteiger partial charge < -0.3 is 19.6 Å². The number of likely N-dealkylation sites (tertiary alicyclic amines) is 4. The fourth-order valence-corrected chi connectivity index (χ4v) is 15.2. The van der Waals surface area contributed by atoms with Crippen molar-refractivity contribution in [3.05, 3.63) is 249 Å². The molecule has 0 saturated carbocycles. The summed E-state index contributed by atoms with van der Waals surface area (Å²) in [6.07, 6.45) is -10.3. The van der Waals surface area contributed by atoms with E-state index in [0.717, 1.165) is 57.2 Å². The molecule has 4 amide bonds. The zero-order chi connectivity index (χ0) is 77.8. The molecule has 4 aliphatic heterocycles. The molecule has 572 valence electrons. The van der Waals surface area contributed by atoms with Crippen molar-refractivity contribution in [3.8, 4) is 0 Å². The minimum Gasteiger partial charge on any atom is -0.337 e. The molecule has 30 heteroatoms. The number of halogens is 12. The SMILES string of the molecule is Cc1ccc2[nH]nc(C(=O)N3CCC(c4ccccc4C(F)(F)F)CC3)c2c1.Cc1ccc2c(C(=O)N3CCC(c4ccccc4C(F)(F)F)CC3)n[nH]c2c1.O=C(c1[nH]nc2ncccc12)N1CCC(c2ccccc2C(F)(F)F)CC1.O=C(c1n[nH]c2cccnc12)N1CCC(c2ccccc2C(F)(F)F)CC1. The quantitative estimate of drug-likeness (QED) is 0.105. The number of aryl methyl sites for hydroxylation is 2. The Morgan fingerprint density at radius 3 is 1.14 bits per heavy atom. The highest BCUT2D eigenvalue weighted by Crippen LogP contribution is 2.44. The number of benzene rings is 6.